The first kappa shape index (κ1) is 14.5. The lowest BCUT2D eigenvalue weighted by Crippen LogP contribution is -2.20. The standard InChI is InChI=1S/C15H22N4O/c1-3-10-19-15(17-12-18-19)11-16-9-8-13-6-4-5-7-14(13)20-2/h4-7,12,16H,3,8-11H2,1-2H3. The summed E-state index contributed by atoms with van der Waals surface area (Å²) in [5.41, 5.74) is 1.22. The summed E-state index contributed by atoms with van der Waals surface area (Å²) < 4.78 is 7.30. The van der Waals surface area contributed by atoms with Gasteiger partial charge >= 0.3 is 0 Å². The van der Waals surface area contributed by atoms with Gasteiger partial charge < -0.3 is 10.1 Å². The molecule has 1 aromatic carbocycles. The molecule has 0 fully saturated rings. The Hall–Kier alpha value is -1.88. The van der Waals surface area contributed by atoms with Crippen LogP contribution in [0.5, 0.6) is 5.75 Å². The molecule has 0 aliphatic rings. The molecule has 0 unspecified atom stereocenters. The van der Waals surface area contributed by atoms with Gasteiger partial charge in [0.1, 0.15) is 17.9 Å². The minimum absolute atomic E-state index is 0.745. The van der Waals surface area contributed by atoms with Gasteiger partial charge in [0.15, 0.2) is 0 Å². The van der Waals surface area contributed by atoms with Crippen LogP contribution in [0.3, 0.4) is 0 Å². The van der Waals surface area contributed by atoms with Crippen LogP contribution >= 0.6 is 0 Å². The molecule has 0 aliphatic carbocycles. The van der Waals surface area contributed by atoms with E-state index in [1.807, 2.05) is 22.9 Å². The molecule has 0 saturated carbocycles. The van der Waals surface area contributed by atoms with Gasteiger partial charge in [-0.05, 0) is 31.0 Å². The van der Waals surface area contributed by atoms with Crippen molar-refractivity contribution in [1.82, 2.24) is 20.1 Å². The molecule has 1 heterocycles. The van der Waals surface area contributed by atoms with Crippen LogP contribution in [0.4, 0.5) is 0 Å². The average molecular weight is 274 g/mol. The quantitative estimate of drug-likeness (QED) is 0.748. The van der Waals surface area contributed by atoms with Gasteiger partial charge in [-0.3, -0.25) is 0 Å². The van der Waals surface area contributed by atoms with E-state index in [9.17, 15) is 0 Å². The van der Waals surface area contributed by atoms with E-state index in [-0.39, 0.29) is 0 Å². The van der Waals surface area contributed by atoms with Gasteiger partial charge in [0.25, 0.3) is 0 Å². The smallest absolute Gasteiger partial charge is 0.140 e. The highest BCUT2D eigenvalue weighted by atomic mass is 16.5. The van der Waals surface area contributed by atoms with Gasteiger partial charge in [-0.25, -0.2) is 9.67 Å². The van der Waals surface area contributed by atoms with Gasteiger partial charge in [0, 0.05) is 6.54 Å². The summed E-state index contributed by atoms with van der Waals surface area (Å²) >= 11 is 0. The van der Waals surface area contributed by atoms with Crippen LogP contribution < -0.4 is 10.1 Å². The monoisotopic (exact) mass is 274 g/mol. The van der Waals surface area contributed by atoms with Gasteiger partial charge in [0.2, 0.25) is 0 Å². The number of benzene rings is 1. The molecule has 108 valence electrons. The van der Waals surface area contributed by atoms with Crippen LogP contribution in [0.1, 0.15) is 24.7 Å². The Bertz CT molecular complexity index is 524. The summed E-state index contributed by atoms with van der Waals surface area (Å²) in [6.45, 7) is 4.69. The van der Waals surface area contributed by atoms with Crippen LogP contribution in [0, 0.1) is 0 Å². The summed E-state index contributed by atoms with van der Waals surface area (Å²) in [5, 5.41) is 7.62. The van der Waals surface area contributed by atoms with E-state index in [0.717, 1.165) is 44.0 Å². The Labute approximate surface area is 120 Å². The van der Waals surface area contributed by atoms with Crippen molar-refractivity contribution in [1.29, 1.82) is 0 Å². The predicted molar refractivity (Wildman–Crippen MR) is 78.7 cm³/mol. The molecule has 0 amide bonds. The molecule has 2 rings (SSSR count). The number of nitrogens with zero attached hydrogens (tertiary/aromatic N) is 3. The van der Waals surface area contributed by atoms with E-state index < -0.39 is 0 Å². The Morgan fingerprint density at radius 1 is 1.30 bits per heavy atom. The third-order valence-corrected chi connectivity index (χ3v) is 3.18. The van der Waals surface area contributed by atoms with Crippen molar-refractivity contribution in [2.75, 3.05) is 13.7 Å². The van der Waals surface area contributed by atoms with Crippen molar-refractivity contribution in [3.8, 4) is 5.75 Å². The molecule has 0 radical (unpaired) electrons. The van der Waals surface area contributed by atoms with Crippen LogP contribution in [-0.2, 0) is 19.5 Å². The highest BCUT2D eigenvalue weighted by Gasteiger charge is 2.04. The number of para-hydroxylation sites is 1. The molecule has 0 aliphatic heterocycles. The highest BCUT2D eigenvalue weighted by Crippen LogP contribution is 2.17. The number of hydrogen-bond donors (Lipinski definition) is 1. The summed E-state index contributed by atoms with van der Waals surface area (Å²) in [6, 6.07) is 8.12. The Morgan fingerprint density at radius 3 is 2.95 bits per heavy atom. The first-order valence-electron chi connectivity index (χ1n) is 7.04. The Kier molecular flexibility index (Phi) is 5.55. The number of nitrogens with one attached hydrogen (secondary N) is 1. The number of methoxy groups -OCH3 is 1. The molecular weight excluding hydrogens is 252 g/mol. The molecule has 1 N–H and O–H groups in total. The predicted octanol–water partition coefficient (Wildman–Crippen LogP) is 2.03. The van der Waals surface area contributed by atoms with Crippen molar-refractivity contribution >= 4 is 0 Å². The zero-order valence-corrected chi connectivity index (χ0v) is 12.2. The molecule has 0 atom stereocenters. The van der Waals surface area contributed by atoms with Gasteiger partial charge in [-0.15, -0.1) is 0 Å². The first-order chi connectivity index (χ1) is 9.85. The second kappa shape index (κ2) is 7.65. The molecular formula is C15H22N4O. The fraction of sp³-hybridized carbons (Fsp3) is 0.467. The van der Waals surface area contributed by atoms with E-state index in [0.29, 0.717) is 0 Å². The largest absolute Gasteiger partial charge is 0.496 e. The SMILES string of the molecule is CCCn1ncnc1CNCCc1ccccc1OC. The van der Waals surface area contributed by atoms with Gasteiger partial charge in [-0.2, -0.15) is 5.10 Å². The lowest BCUT2D eigenvalue weighted by Gasteiger charge is -2.09. The number of ether oxygens (including phenoxy) is 1. The number of rotatable bonds is 8. The normalized spacial score (nSPS) is 10.7. The molecule has 5 nitrogen and oxygen atoms in total. The third kappa shape index (κ3) is 3.81. The summed E-state index contributed by atoms with van der Waals surface area (Å²) in [5.74, 6) is 1.94. The number of hydrogen-bond acceptors (Lipinski definition) is 4. The molecule has 5 heteroatoms. The lowest BCUT2D eigenvalue weighted by atomic mass is 10.1. The van der Waals surface area contributed by atoms with Crippen molar-refractivity contribution in [2.45, 2.75) is 32.9 Å². The van der Waals surface area contributed by atoms with E-state index in [1.165, 1.54) is 5.56 Å². The Morgan fingerprint density at radius 2 is 2.15 bits per heavy atom. The Balaban J connectivity index is 1.80. The first-order valence-corrected chi connectivity index (χ1v) is 7.04. The van der Waals surface area contributed by atoms with Crippen LogP contribution in [-0.4, -0.2) is 28.4 Å². The fourth-order valence-electron chi connectivity index (χ4n) is 2.16. The summed E-state index contributed by atoms with van der Waals surface area (Å²) in [7, 11) is 1.71. The van der Waals surface area contributed by atoms with Crippen molar-refractivity contribution < 1.29 is 4.74 Å². The maximum absolute atomic E-state index is 5.35. The lowest BCUT2D eigenvalue weighted by molar-refractivity contribution is 0.409. The number of aromatic nitrogens is 3. The van der Waals surface area contributed by atoms with Crippen molar-refractivity contribution in [3.05, 3.63) is 42.0 Å². The second-order valence-corrected chi connectivity index (χ2v) is 4.64. The molecule has 0 bridgehead atoms. The fourth-order valence-corrected chi connectivity index (χ4v) is 2.16. The van der Waals surface area contributed by atoms with Crippen LogP contribution in [0.25, 0.3) is 0 Å². The molecule has 2 aromatic rings. The topological polar surface area (TPSA) is 52.0 Å². The van der Waals surface area contributed by atoms with E-state index in [1.54, 1.807) is 13.4 Å². The summed E-state index contributed by atoms with van der Waals surface area (Å²) in [6.07, 6.45) is 3.62. The minimum atomic E-state index is 0.745. The maximum atomic E-state index is 5.35. The van der Waals surface area contributed by atoms with E-state index in [4.69, 9.17) is 4.74 Å². The average Bonchev–Trinajstić information content (AvgIpc) is 2.92. The molecule has 0 spiro atoms. The van der Waals surface area contributed by atoms with Crippen molar-refractivity contribution in [2.24, 2.45) is 0 Å². The third-order valence-electron chi connectivity index (χ3n) is 3.18. The van der Waals surface area contributed by atoms with E-state index >= 15 is 0 Å². The minimum Gasteiger partial charge on any atom is -0.496 e. The molecule has 20 heavy (non-hydrogen) atoms. The van der Waals surface area contributed by atoms with Gasteiger partial charge in [-0.1, -0.05) is 25.1 Å². The van der Waals surface area contributed by atoms with E-state index in [2.05, 4.69) is 28.4 Å². The zero-order valence-electron chi connectivity index (χ0n) is 12.2. The molecule has 1 aromatic heterocycles. The van der Waals surface area contributed by atoms with Crippen LogP contribution in [0.2, 0.25) is 0 Å². The summed E-state index contributed by atoms with van der Waals surface area (Å²) in [4.78, 5) is 4.28. The highest BCUT2D eigenvalue weighted by molar-refractivity contribution is 5.33. The molecule has 0 saturated heterocycles. The maximum Gasteiger partial charge on any atom is 0.140 e. The van der Waals surface area contributed by atoms with Gasteiger partial charge in [0.05, 0.1) is 13.7 Å². The van der Waals surface area contributed by atoms with Crippen LogP contribution in [0.15, 0.2) is 30.6 Å². The second-order valence-electron chi connectivity index (χ2n) is 4.64. The number of aryl methyl sites for hydroxylation is 1. The zero-order chi connectivity index (χ0) is 14.2. The van der Waals surface area contributed by atoms with Crippen molar-refractivity contribution in [3.63, 3.8) is 0 Å².